The van der Waals surface area contributed by atoms with Crippen LogP contribution in [-0.2, 0) is 16.1 Å². The van der Waals surface area contributed by atoms with Crippen molar-refractivity contribution in [1.82, 2.24) is 4.90 Å². The molecule has 1 amide bonds. The van der Waals surface area contributed by atoms with E-state index in [4.69, 9.17) is 15.2 Å². The molecule has 0 saturated carbocycles. The summed E-state index contributed by atoms with van der Waals surface area (Å²) in [5.74, 6) is 0.437. The lowest BCUT2D eigenvalue weighted by molar-refractivity contribution is -0.141. The number of methoxy groups -OCH3 is 1. The fraction of sp³-hybridized carbons (Fsp3) is 0.533. The van der Waals surface area contributed by atoms with Gasteiger partial charge in [0.2, 0.25) is 0 Å². The minimum Gasteiger partial charge on any atom is -0.504 e. The molecule has 1 aliphatic heterocycles. The molecule has 1 aliphatic rings. The second kappa shape index (κ2) is 8.22. The van der Waals surface area contributed by atoms with Gasteiger partial charge in [0.1, 0.15) is 6.10 Å². The monoisotopic (exact) mass is 330 g/mol. The Kier molecular flexibility index (Phi) is 6.93. The van der Waals surface area contributed by atoms with Crippen LogP contribution in [0.3, 0.4) is 0 Å². The Labute approximate surface area is 136 Å². The van der Waals surface area contributed by atoms with E-state index in [0.29, 0.717) is 25.3 Å². The van der Waals surface area contributed by atoms with Crippen molar-refractivity contribution in [2.45, 2.75) is 31.6 Å². The van der Waals surface area contributed by atoms with Crippen LogP contribution in [0.15, 0.2) is 18.2 Å². The third-order valence-electron chi connectivity index (χ3n) is 3.69. The summed E-state index contributed by atoms with van der Waals surface area (Å²) in [5.41, 5.74) is 6.44. The highest BCUT2D eigenvalue weighted by molar-refractivity contribution is 5.85. The Morgan fingerprint density at radius 1 is 1.50 bits per heavy atom. The van der Waals surface area contributed by atoms with Crippen LogP contribution in [0.5, 0.6) is 11.5 Å². The van der Waals surface area contributed by atoms with E-state index >= 15 is 0 Å². The number of amides is 1. The molecule has 0 bridgehead atoms. The number of carbonyl (C=O) groups is 1. The number of carbonyl (C=O) groups excluding carboxylic acids is 1. The molecule has 0 spiro atoms. The van der Waals surface area contributed by atoms with E-state index in [1.807, 2.05) is 0 Å². The van der Waals surface area contributed by atoms with Crippen LogP contribution < -0.4 is 10.5 Å². The summed E-state index contributed by atoms with van der Waals surface area (Å²) in [4.78, 5) is 13.9. The summed E-state index contributed by atoms with van der Waals surface area (Å²) in [6.45, 7) is 0.880. The van der Waals surface area contributed by atoms with Crippen LogP contribution in [-0.4, -0.2) is 48.8 Å². The molecule has 6 nitrogen and oxygen atoms in total. The average Bonchev–Trinajstić information content (AvgIpc) is 2.97. The van der Waals surface area contributed by atoms with Crippen molar-refractivity contribution in [3.8, 4) is 11.5 Å². The van der Waals surface area contributed by atoms with Crippen molar-refractivity contribution >= 4 is 18.3 Å². The summed E-state index contributed by atoms with van der Waals surface area (Å²) in [7, 11) is 3.23. The summed E-state index contributed by atoms with van der Waals surface area (Å²) in [5, 5.41) is 9.57. The van der Waals surface area contributed by atoms with Gasteiger partial charge in [0.05, 0.1) is 13.2 Å². The first-order valence-electron chi connectivity index (χ1n) is 7.01. The van der Waals surface area contributed by atoms with Crippen LogP contribution in [0.25, 0.3) is 0 Å². The number of nitrogens with two attached hydrogens (primary N) is 1. The highest BCUT2D eigenvalue weighted by Gasteiger charge is 2.31. The van der Waals surface area contributed by atoms with Crippen molar-refractivity contribution in [3.63, 3.8) is 0 Å². The standard InChI is InChI=1S/C15H22N2O4.ClH/c1-17(15(19)13-6-4-11(8-16)21-13)9-10-3-5-12(18)14(7-10)20-2;/h3,5,7,11,13,18H,4,6,8-9,16H2,1-2H3;1H/t11-,13+;/m1./s1. The van der Waals surface area contributed by atoms with Gasteiger partial charge in [-0.15, -0.1) is 12.4 Å². The van der Waals surface area contributed by atoms with E-state index in [2.05, 4.69) is 0 Å². The highest BCUT2D eigenvalue weighted by atomic mass is 35.5. The Hall–Kier alpha value is -1.50. The molecule has 0 unspecified atom stereocenters. The molecule has 22 heavy (non-hydrogen) atoms. The number of benzene rings is 1. The molecule has 1 aromatic rings. The van der Waals surface area contributed by atoms with Crippen LogP contribution in [0.4, 0.5) is 0 Å². The van der Waals surface area contributed by atoms with E-state index in [1.54, 1.807) is 30.1 Å². The number of hydrogen-bond acceptors (Lipinski definition) is 5. The fourth-order valence-electron chi connectivity index (χ4n) is 2.48. The van der Waals surface area contributed by atoms with Gasteiger partial charge in [0.25, 0.3) is 5.91 Å². The van der Waals surface area contributed by atoms with Gasteiger partial charge in [-0.3, -0.25) is 4.79 Å². The van der Waals surface area contributed by atoms with Crippen LogP contribution >= 0.6 is 12.4 Å². The predicted molar refractivity (Wildman–Crippen MR) is 85.3 cm³/mol. The molecule has 2 rings (SSSR count). The van der Waals surface area contributed by atoms with E-state index < -0.39 is 6.10 Å². The van der Waals surface area contributed by atoms with E-state index in [0.717, 1.165) is 12.0 Å². The predicted octanol–water partition coefficient (Wildman–Crippen LogP) is 1.29. The Bertz CT molecular complexity index is 512. The SMILES string of the molecule is COc1cc(CN(C)C(=O)[C@@H]2CC[C@H](CN)O2)ccc1O.Cl. The maximum Gasteiger partial charge on any atom is 0.251 e. The number of ether oxygens (including phenoxy) is 2. The maximum absolute atomic E-state index is 12.3. The quantitative estimate of drug-likeness (QED) is 0.849. The third-order valence-corrected chi connectivity index (χ3v) is 3.69. The molecule has 1 heterocycles. The molecule has 124 valence electrons. The number of hydrogen-bond donors (Lipinski definition) is 2. The number of aromatic hydroxyl groups is 1. The van der Waals surface area contributed by atoms with E-state index in [9.17, 15) is 9.90 Å². The molecule has 0 radical (unpaired) electrons. The highest BCUT2D eigenvalue weighted by Crippen LogP contribution is 2.27. The van der Waals surface area contributed by atoms with Gasteiger partial charge in [-0.2, -0.15) is 0 Å². The van der Waals surface area contributed by atoms with E-state index in [1.165, 1.54) is 7.11 Å². The summed E-state index contributed by atoms with van der Waals surface area (Å²) < 4.78 is 10.7. The lowest BCUT2D eigenvalue weighted by Gasteiger charge is -2.21. The zero-order valence-electron chi connectivity index (χ0n) is 12.8. The fourth-order valence-corrected chi connectivity index (χ4v) is 2.48. The average molecular weight is 331 g/mol. The number of likely N-dealkylation sites (N-methyl/N-ethyl adjacent to an activating group) is 1. The Morgan fingerprint density at radius 3 is 2.82 bits per heavy atom. The lowest BCUT2D eigenvalue weighted by atomic mass is 10.1. The number of nitrogens with zero attached hydrogens (tertiary/aromatic N) is 1. The minimum atomic E-state index is -0.400. The van der Waals surface area contributed by atoms with Crippen molar-refractivity contribution < 1.29 is 19.4 Å². The zero-order chi connectivity index (χ0) is 15.4. The minimum absolute atomic E-state index is 0. The summed E-state index contributed by atoms with van der Waals surface area (Å²) >= 11 is 0. The van der Waals surface area contributed by atoms with Crippen LogP contribution in [0.2, 0.25) is 0 Å². The lowest BCUT2D eigenvalue weighted by Crippen LogP contribution is -2.36. The number of halogens is 1. The smallest absolute Gasteiger partial charge is 0.251 e. The largest absolute Gasteiger partial charge is 0.504 e. The summed E-state index contributed by atoms with van der Waals surface area (Å²) in [6.07, 6.45) is 1.13. The van der Waals surface area contributed by atoms with Gasteiger partial charge < -0.3 is 25.2 Å². The van der Waals surface area contributed by atoms with Crippen molar-refractivity contribution in [2.75, 3.05) is 20.7 Å². The molecule has 0 aliphatic carbocycles. The number of rotatable bonds is 5. The first kappa shape index (κ1) is 18.5. The molecular weight excluding hydrogens is 308 g/mol. The molecule has 1 fully saturated rings. The van der Waals surface area contributed by atoms with Gasteiger partial charge >= 0.3 is 0 Å². The molecule has 0 aromatic heterocycles. The van der Waals surface area contributed by atoms with Gasteiger partial charge in [-0.1, -0.05) is 6.07 Å². The first-order valence-corrected chi connectivity index (χ1v) is 7.01. The second-order valence-corrected chi connectivity index (χ2v) is 5.26. The topological polar surface area (TPSA) is 85.0 Å². The van der Waals surface area contributed by atoms with Gasteiger partial charge in [-0.25, -0.2) is 0 Å². The zero-order valence-corrected chi connectivity index (χ0v) is 13.6. The third kappa shape index (κ3) is 4.25. The second-order valence-electron chi connectivity index (χ2n) is 5.26. The molecule has 7 heteroatoms. The van der Waals surface area contributed by atoms with Crippen molar-refractivity contribution in [3.05, 3.63) is 23.8 Å². The Morgan fingerprint density at radius 2 is 2.23 bits per heavy atom. The van der Waals surface area contributed by atoms with Gasteiger partial charge in [-0.05, 0) is 30.5 Å². The van der Waals surface area contributed by atoms with Crippen LogP contribution in [0, 0.1) is 0 Å². The van der Waals surface area contributed by atoms with Gasteiger partial charge in [0, 0.05) is 20.1 Å². The molecule has 1 aromatic carbocycles. The number of phenols is 1. The van der Waals surface area contributed by atoms with Crippen LogP contribution in [0.1, 0.15) is 18.4 Å². The first-order chi connectivity index (χ1) is 10.0. The maximum atomic E-state index is 12.3. The summed E-state index contributed by atoms with van der Waals surface area (Å²) in [6, 6.07) is 5.04. The number of phenolic OH excluding ortho intramolecular Hbond substituents is 1. The van der Waals surface area contributed by atoms with E-state index in [-0.39, 0.29) is 30.2 Å². The molecule has 3 N–H and O–H groups in total. The Balaban J connectivity index is 0.00000242. The van der Waals surface area contributed by atoms with Crippen molar-refractivity contribution in [2.24, 2.45) is 5.73 Å². The molecule has 1 saturated heterocycles. The van der Waals surface area contributed by atoms with Crippen molar-refractivity contribution in [1.29, 1.82) is 0 Å². The molecule has 2 atom stereocenters. The molecular formula is C15H23ClN2O4. The van der Waals surface area contributed by atoms with Gasteiger partial charge in [0.15, 0.2) is 11.5 Å². The normalized spacial score (nSPS) is 20.3.